The van der Waals surface area contributed by atoms with Crippen molar-refractivity contribution in [3.8, 4) is 0 Å². The summed E-state index contributed by atoms with van der Waals surface area (Å²) in [5.41, 5.74) is 0.748. The minimum atomic E-state index is -0.523. The van der Waals surface area contributed by atoms with E-state index in [4.69, 9.17) is 0 Å². The Bertz CT molecular complexity index is 454. The van der Waals surface area contributed by atoms with Crippen LogP contribution in [0.4, 0.5) is 14.5 Å². The van der Waals surface area contributed by atoms with Gasteiger partial charge in [-0.2, -0.15) is 0 Å². The highest BCUT2D eigenvalue weighted by Crippen LogP contribution is 2.24. The third-order valence-electron chi connectivity index (χ3n) is 3.59. The number of hydrogen-bond acceptors (Lipinski definition) is 2. The molecule has 1 aliphatic heterocycles. The molecule has 4 heteroatoms. The molecule has 2 nitrogen and oxygen atoms in total. The number of nitrogens with one attached hydrogen (secondary N) is 1. The SMILES string of the molecule is CC(C)(C)CNC1CCCN(c2ccc(F)cc2F)C1. The van der Waals surface area contributed by atoms with Gasteiger partial charge in [-0.15, -0.1) is 0 Å². The fraction of sp³-hybridized carbons (Fsp3) is 0.625. The molecule has 0 spiro atoms. The van der Waals surface area contributed by atoms with E-state index in [9.17, 15) is 8.78 Å². The monoisotopic (exact) mass is 282 g/mol. The van der Waals surface area contributed by atoms with Gasteiger partial charge >= 0.3 is 0 Å². The second kappa shape index (κ2) is 6.08. The van der Waals surface area contributed by atoms with Crippen LogP contribution in [0.1, 0.15) is 33.6 Å². The van der Waals surface area contributed by atoms with Crippen LogP contribution < -0.4 is 10.2 Å². The first-order valence-electron chi connectivity index (χ1n) is 7.28. The largest absolute Gasteiger partial charge is 0.368 e. The van der Waals surface area contributed by atoms with Gasteiger partial charge in [-0.25, -0.2) is 8.78 Å². The minimum Gasteiger partial charge on any atom is -0.368 e. The van der Waals surface area contributed by atoms with Gasteiger partial charge in [-0.05, 0) is 30.4 Å². The van der Waals surface area contributed by atoms with E-state index < -0.39 is 11.6 Å². The van der Waals surface area contributed by atoms with Gasteiger partial charge in [-0.1, -0.05) is 20.8 Å². The summed E-state index contributed by atoms with van der Waals surface area (Å²) >= 11 is 0. The van der Waals surface area contributed by atoms with E-state index in [2.05, 4.69) is 26.1 Å². The van der Waals surface area contributed by atoms with Gasteiger partial charge in [0, 0.05) is 31.7 Å². The molecule has 1 atom stereocenters. The van der Waals surface area contributed by atoms with Crippen molar-refractivity contribution in [3.63, 3.8) is 0 Å². The van der Waals surface area contributed by atoms with Crippen molar-refractivity contribution in [2.45, 2.75) is 39.7 Å². The second-order valence-electron chi connectivity index (χ2n) is 6.82. The first-order chi connectivity index (χ1) is 9.35. The molecule has 1 heterocycles. The Balaban J connectivity index is 1.99. The Morgan fingerprint density at radius 2 is 2.05 bits per heavy atom. The van der Waals surface area contributed by atoms with Gasteiger partial charge in [0.15, 0.2) is 0 Å². The Hall–Kier alpha value is -1.16. The standard InChI is InChI=1S/C16H24F2N2/c1-16(2,3)11-19-13-5-4-8-20(10-13)15-7-6-12(17)9-14(15)18/h6-7,9,13,19H,4-5,8,10-11H2,1-3H3. The maximum absolute atomic E-state index is 13.8. The zero-order valence-corrected chi connectivity index (χ0v) is 12.5. The number of benzene rings is 1. The fourth-order valence-corrected chi connectivity index (χ4v) is 2.55. The smallest absolute Gasteiger partial charge is 0.149 e. The summed E-state index contributed by atoms with van der Waals surface area (Å²) in [7, 11) is 0. The molecule has 0 radical (unpaired) electrons. The van der Waals surface area contributed by atoms with Gasteiger partial charge in [0.2, 0.25) is 0 Å². The van der Waals surface area contributed by atoms with Gasteiger partial charge in [-0.3, -0.25) is 0 Å². The highest BCUT2D eigenvalue weighted by molar-refractivity contribution is 5.48. The molecule has 0 amide bonds. The summed E-state index contributed by atoms with van der Waals surface area (Å²) in [6.45, 7) is 9.13. The van der Waals surface area contributed by atoms with Gasteiger partial charge in [0.25, 0.3) is 0 Å². The minimum absolute atomic E-state index is 0.239. The lowest BCUT2D eigenvalue weighted by molar-refractivity contribution is 0.328. The van der Waals surface area contributed by atoms with Crippen LogP contribution in [0.25, 0.3) is 0 Å². The molecule has 112 valence electrons. The first kappa shape index (κ1) is 15.2. The van der Waals surface area contributed by atoms with Crippen molar-refractivity contribution >= 4 is 5.69 Å². The Morgan fingerprint density at radius 3 is 2.70 bits per heavy atom. The summed E-state index contributed by atoms with van der Waals surface area (Å²) in [5.74, 6) is -0.993. The summed E-state index contributed by atoms with van der Waals surface area (Å²) < 4.78 is 26.8. The van der Waals surface area contributed by atoms with Crippen LogP contribution in [0, 0.1) is 17.0 Å². The quantitative estimate of drug-likeness (QED) is 0.911. The maximum Gasteiger partial charge on any atom is 0.149 e. The molecule has 1 aromatic rings. The van der Waals surface area contributed by atoms with Crippen LogP contribution in [-0.4, -0.2) is 25.7 Å². The fourth-order valence-electron chi connectivity index (χ4n) is 2.55. The van der Waals surface area contributed by atoms with Crippen LogP contribution >= 0.6 is 0 Å². The van der Waals surface area contributed by atoms with Crippen molar-refractivity contribution in [1.29, 1.82) is 0 Å². The van der Waals surface area contributed by atoms with Crippen LogP contribution in [0.2, 0.25) is 0 Å². The summed E-state index contributed by atoms with van der Waals surface area (Å²) in [5, 5.41) is 3.55. The van der Waals surface area contributed by atoms with E-state index in [0.717, 1.165) is 38.5 Å². The predicted molar refractivity (Wildman–Crippen MR) is 79.1 cm³/mol. The van der Waals surface area contributed by atoms with Crippen molar-refractivity contribution in [1.82, 2.24) is 5.32 Å². The lowest BCUT2D eigenvalue weighted by atomic mass is 9.95. The molecular formula is C16H24F2N2. The lowest BCUT2D eigenvalue weighted by Gasteiger charge is -2.36. The van der Waals surface area contributed by atoms with Crippen LogP contribution in [0.5, 0.6) is 0 Å². The molecular weight excluding hydrogens is 258 g/mol. The average Bonchev–Trinajstić information content (AvgIpc) is 2.36. The summed E-state index contributed by atoms with van der Waals surface area (Å²) in [4.78, 5) is 2.01. The maximum atomic E-state index is 13.8. The summed E-state index contributed by atoms with van der Waals surface area (Å²) in [6.07, 6.45) is 2.13. The zero-order chi connectivity index (χ0) is 14.8. The van der Waals surface area contributed by atoms with E-state index in [-0.39, 0.29) is 5.41 Å². The van der Waals surface area contributed by atoms with Crippen LogP contribution in [0.3, 0.4) is 0 Å². The first-order valence-corrected chi connectivity index (χ1v) is 7.28. The molecule has 1 unspecified atom stereocenters. The number of nitrogens with zero attached hydrogens (tertiary/aromatic N) is 1. The molecule has 1 aromatic carbocycles. The third-order valence-corrected chi connectivity index (χ3v) is 3.59. The van der Waals surface area contributed by atoms with Crippen molar-refractivity contribution in [3.05, 3.63) is 29.8 Å². The highest BCUT2D eigenvalue weighted by atomic mass is 19.1. The Morgan fingerprint density at radius 1 is 1.30 bits per heavy atom. The average molecular weight is 282 g/mol. The van der Waals surface area contributed by atoms with E-state index in [1.54, 1.807) is 0 Å². The van der Waals surface area contributed by atoms with E-state index in [1.165, 1.54) is 12.1 Å². The van der Waals surface area contributed by atoms with E-state index in [1.807, 2.05) is 4.90 Å². The lowest BCUT2D eigenvalue weighted by Crippen LogP contribution is -2.48. The topological polar surface area (TPSA) is 15.3 Å². The molecule has 0 aliphatic carbocycles. The van der Waals surface area contributed by atoms with Crippen molar-refractivity contribution < 1.29 is 8.78 Å². The van der Waals surface area contributed by atoms with Crippen LogP contribution in [-0.2, 0) is 0 Å². The molecule has 1 N–H and O–H groups in total. The van der Waals surface area contributed by atoms with E-state index in [0.29, 0.717) is 11.7 Å². The number of hydrogen-bond donors (Lipinski definition) is 1. The normalized spacial score (nSPS) is 20.2. The highest BCUT2D eigenvalue weighted by Gasteiger charge is 2.23. The molecule has 0 saturated carbocycles. The number of piperidine rings is 1. The summed E-state index contributed by atoms with van der Waals surface area (Å²) in [6, 6.07) is 4.19. The Kier molecular flexibility index (Phi) is 4.63. The van der Waals surface area contributed by atoms with Gasteiger partial charge < -0.3 is 10.2 Å². The zero-order valence-electron chi connectivity index (χ0n) is 12.5. The molecule has 1 aliphatic rings. The third kappa shape index (κ3) is 4.17. The molecule has 0 aromatic heterocycles. The van der Waals surface area contributed by atoms with E-state index >= 15 is 0 Å². The second-order valence-corrected chi connectivity index (χ2v) is 6.82. The predicted octanol–water partition coefficient (Wildman–Crippen LogP) is 3.57. The number of rotatable bonds is 3. The molecule has 1 saturated heterocycles. The number of halogens is 2. The van der Waals surface area contributed by atoms with Gasteiger partial charge in [0.05, 0.1) is 5.69 Å². The molecule has 2 rings (SSSR count). The van der Waals surface area contributed by atoms with Crippen molar-refractivity contribution in [2.75, 3.05) is 24.5 Å². The molecule has 1 fully saturated rings. The van der Waals surface area contributed by atoms with Gasteiger partial charge in [0.1, 0.15) is 11.6 Å². The Labute approximate surface area is 120 Å². The molecule has 20 heavy (non-hydrogen) atoms. The van der Waals surface area contributed by atoms with Crippen molar-refractivity contribution in [2.24, 2.45) is 5.41 Å². The molecule has 0 bridgehead atoms. The van der Waals surface area contributed by atoms with Crippen LogP contribution in [0.15, 0.2) is 18.2 Å². The number of anilines is 1.